The van der Waals surface area contributed by atoms with E-state index < -0.39 is 11.7 Å². The summed E-state index contributed by atoms with van der Waals surface area (Å²) in [5.41, 5.74) is -0.327. The molecule has 9 heteroatoms. The van der Waals surface area contributed by atoms with Crippen molar-refractivity contribution in [1.29, 1.82) is 0 Å². The van der Waals surface area contributed by atoms with E-state index in [1.54, 1.807) is 63.2 Å². The van der Waals surface area contributed by atoms with Crippen molar-refractivity contribution in [3.63, 3.8) is 0 Å². The van der Waals surface area contributed by atoms with Crippen LogP contribution in [0.25, 0.3) is 0 Å². The number of H-pyrrole nitrogens is 1. The van der Waals surface area contributed by atoms with Crippen LogP contribution in [-0.2, 0) is 4.74 Å². The van der Waals surface area contributed by atoms with E-state index in [4.69, 9.17) is 9.47 Å². The van der Waals surface area contributed by atoms with Gasteiger partial charge in [0.1, 0.15) is 23.7 Å². The molecule has 0 radical (unpaired) electrons. The topological polar surface area (TPSA) is 96.5 Å². The van der Waals surface area contributed by atoms with E-state index in [0.717, 1.165) is 4.47 Å². The molecule has 27 heavy (non-hydrogen) atoms. The molecule has 146 valence electrons. The second-order valence-electron chi connectivity index (χ2n) is 6.70. The number of pyridine rings is 2. The third-order valence-corrected chi connectivity index (χ3v) is 3.74. The van der Waals surface area contributed by atoms with Crippen LogP contribution in [0.3, 0.4) is 0 Å². The number of anilines is 2. The number of rotatable bonds is 6. The van der Waals surface area contributed by atoms with Gasteiger partial charge >= 0.3 is 6.09 Å². The van der Waals surface area contributed by atoms with Gasteiger partial charge in [-0.3, -0.25) is 4.79 Å². The number of hydrogen-bond donors (Lipinski definition) is 2. The lowest BCUT2D eigenvalue weighted by Crippen LogP contribution is -2.34. The zero-order chi connectivity index (χ0) is 20.0. The smallest absolute Gasteiger partial charge is 0.407 e. The Hall–Kier alpha value is -2.55. The van der Waals surface area contributed by atoms with Gasteiger partial charge in [-0.2, -0.15) is 4.98 Å². The third-order valence-electron chi connectivity index (χ3n) is 3.28. The summed E-state index contributed by atoms with van der Waals surface area (Å²) in [6, 6.07) is 6.96. The first-order valence-corrected chi connectivity index (χ1v) is 9.14. The zero-order valence-electron chi connectivity index (χ0n) is 15.7. The van der Waals surface area contributed by atoms with Crippen molar-refractivity contribution >= 4 is 33.5 Å². The molecule has 2 N–H and O–H groups in total. The van der Waals surface area contributed by atoms with Crippen molar-refractivity contribution in [2.45, 2.75) is 26.4 Å². The molecule has 0 bridgehead atoms. The largest absolute Gasteiger partial charge is 0.476 e. The monoisotopic (exact) mass is 438 g/mol. The van der Waals surface area contributed by atoms with E-state index in [2.05, 4.69) is 31.2 Å². The first-order chi connectivity index (χ1) is 12.7. The number of nitrogens with one attached hydrogen (secondary N) is 2. The van der Waals surface area contributed by atoms with Gasteiger partial charge in [0.2, 0.25) is 5.88 Å². The molecule has 0 saturated heterocycles. The van der Waals surface area contributed by atoms with E-state index in [1.165, 1.54) is 0 Å². The number of amides is 1. The third kappa shape index (κ3) is 6.59. The first-order valence-electron chi connectivity index (χ1n) is 8.34. The summed E-state index contributed by atoms with van der Waals surface area (Å²) in [4.78, 5) is 32.3. The summed E-state index contributed by atoms with van der Waals surface area (Å²) in [6.45, 7) is 5.90. The Balaban J connectivity index is 1.94. The highest BCUT2D eigenvalue weighted by atomic mass is 79.9. The van der Waals surface area contributed by atoms with Gasteiger partial charge in [-0.15, -0.1) is 0 Å². The van der Waals surface area contributed by atoms with Crippen molar-refractivity contribution in [1.82, 2.24) is 15.3 Å². The Labute approximate surface area is 166 Å². The molecular weight excluding hydrogens is 416 g/mol. The summed E-state index contributed by atoms with van der Waals surface area (Å²) in [6.07, 6.45) is 1.08. The number of aromatic nitrogens is 2. The van der Waals surface area contributed by atoms with Gasteiger partial charge in [0.25, 0.3) is 5.56 Å². The Bertz CT molecular complexity index is 848. The molecular formula is C18H23BrN4O4. The lowest BCUT2D eigenvalue weighted by atomic mass is 10.2. The van der Waals surface area contributed by atoms with E-state index in [1.807, 2.05) is 0 Å². The van der Waals surface area contributed by atoms with Gasteiger partial charge in [0.05, 0.1) is 6.54 Å². The Morgan fingerprint density at radius 2 is 2.11 bits per heavy atom. The van der Waals surface area contributed by atoms with Gasteiger partial charge in [-0.05, 0) is 48.8 Å². The van der Waals surface area contributed by atoms with E-state index in [-0.39, 0.29) is 18.7 Å². The van der Waals surface area contributed by atoms with Crippen molar-refractivity contribution in [2.24, 2.45) is 0 Å². The minimum absolute atomic E-state index is 0.226. The molecule has 0 fully saturated rings. The molecule has 2 rings (SSSR count). The second-order valence-corrected chi connectivity index (χ2v) is 7.62. The SMILES string of the molecule is CN(c1cccc(OCCNC(=O)OC(C)(C)C)n1)c1cc(Br)c[nH]c1=O. The molecule has 2 heterocycles. The number of hydrogen-bond acceptors (Lipinski definition) is 6. The summed E-state index contributed by atoms with van der Waals surface area (Å²) < 4.78 is 11.5. The summed E-state index contributed by atoms with van der Waals surface area (Å²) >= 11 is 3.34. The average molecular weight is 439 g/mol. The molecule has 0 aliphatic rings. The lowest BCUT2D eigenvalue weighted by molar-refractivity contribution is 0.0520. The number of ether oxygens (including phenoxy) is 2. The minimum atomic E-state index is -0.546. The fourth-order valence-corrected chi connectivity index (χ4v) is 2.44. The predicted molar refractivity (Wildman–Crippen MR) is 107 cm³/mol. The quantitative estimate of drug-likeness (QED) is 0.672. The molecule has 0 atom stereocenters. The van der Waals surface area contributed by atoms with E-state index in [9.17, 15) is 9.59 Å². The van der Waals surface area contributed by atoms with Gasteiger partial charge in [0.15, 0.2) is 0 Å². The fourth-order valence-electron chi connectivity index (χ4n) is 2.11. The van der Waals surface area contributed by atoms with Gasteiger partial charge in [-0.25, -0.2) is 4.79 Å². The number of carbonyl (C=O) groups is 1. The highest BCUT2D eigenvalue weighted by Gasteiger charge is 2.15. The van der Waals surface area contributed by atoms with Crippen LogP contribution < -0.4 is 20.5 Å². The van der Waals surface area contributed by atoms with Crippen LogP contribution >= 0.6 is 15.9 Å². The molecule has 1 amide bonds. The van der Waals surface area contributed by atoms with Crippen LogP contribution in [0.5, 0.6) is 5.88 Å². The van der Waals surface area contributed by atoms with Crippen LogP contribution in [0.15, 0.2) is 39.7 Å². The minimum Gasteiger partial charge on any atom is -0.476 e. The summed E-state index contributed by atoms with van der Waals surface area (Å²) in [5, 5.41) is 2.61. The van der Waals surface area contributed by atoms with Gasteiger partial charge in [0, 0.05) is 23.8 Å². The Morgan fingerprint density at radius 1 is 1.37 bits per heavy atom. The molecule has 0 unspecified atom stereocenters. The Kier molecular flexibility index (Phi) is 6.84. The standard InChI is InChI=1S/C18H23BrN4O4/c1-18(2,3)27-17(25)20-8-9-26-15-7-5-6-14(22-15)23(4)13-10-12(19)11-21-16(13)24/h5-7,10-11H,8-9H2,1-4H3,(H,20,25)(H,21,24). The number of alkyl carbamates (subject to hydrolysis) is 1. The van der Waals surface area contributed by atoms with Crippen LogP contribution in [-0.4, -0.2) is 41.9 Å². The lowest BCUT2D eigenvalue weighted by Gasteiger charge is -2.20. The summed E-state index contributed by atoms with van der Waals surface area (Å²) in [7, 11) is 1.74. The van der Waals surface area contributed by atoms with Crippen LogP contribution in [0.1, 0.15) is 20.8 Å². The maximum Gasteiger partial charge on any atom is 0.407 e. The van der Waals surface area contributed by atoms with Gasteiger partial charge < -0.3 is 24.7 Å². The van der Waals surface area contributed by atoms with Gasteiger partial charge in [-0.1, -0.05) is 6.07 Å². The molecule has 2 aromatic rings. The zero-order valence-corrected chi connectivity index (χ0v) is 17.3. The molecule has 8 nitrogen and oxygen atoms in total. The molecule has 0 aromatic carbocycles. The molecule has 0 aliphatic heterocycles. The van der Waals surface area contributed by atoms with Crippen molar-refractivity contribution in [3.8, 4) is 5.88 Å². The average Bonchev–Trinajstić information content (AvgIpc) is 2.59. The number of aromatic amines is 1. The van der Waals surface area contributed by atoms with Crippen molar-refractivity contribution < 1.29 is 14.3 Å². The maximum absolute atomic E-state index is 12.0. The predicted octanol–water partition coefficient (Wildman–Crippen LogP) is 3.20. The molecule has 0 saturated carbocycles. The molecule has 2 aromatic heterocycles. The fraction of sp³-hybridized carbons (Fsp3) is 0.389. The van der Waals surface area contributed by atoms with Crippen molar-refractivity contribution in [2.75, 3.05) is 25.1 Å². The summed E-state index contributed by atoms with van der Waals surface area (Å²) in [5.74, 6) is 0.938. The molecule has 0 aliphatic carbocycles. The van der Waals surface area contributed by atoms with Crippen LogP contribution in [0.2, 0.25) is 0 Å². The van der Waals surface area contributed by atoms with E-state index >= 15 is 0 Å². The normalized spacial score (nSPS) is 11.0. The molecule has 0 spiro atoms. The van der Waals surface area contributed by atoms with Crippen LogP contribution in [0, 0.1) is 0 Å². The van der Waals surface area contributed by atoms with E-state index in [0.29, 0.717) is 17.4 Å². The highest BCUT2D eigenvalue weighted by molar-refractivity contribution is 9.10. The second kappa shape index (κ2) is 8.90. The van der Waals surface area contributed by atoms with Crippen LogP contribution in [0.4, 0.5) is 16.3 Å². The first kappa shape index (κ1) is 20.8. The number of nitrogens with zero attached hydrogens (tertiary/aromatic N) is 2. The Morgan fingerprint density at radius 3 is 2.81 bits per heavy atom. The highest BCUT2D eigenvalue weighted by Crippen LogP contribution is 2.22. The number of carbonyl (C=O) groups excluding carboxylic acids is 1. The van der Waals surface area contributed by atoms with Crippen molar-refractivity contribution in [3.05, 3.63) is 45.3 Å². The number of halogens is 1. The maximum atomic E-state index is 12.0.